The quantitative estimate of drug-likeness (QED) is 0.107. The fourth-order valence-electron chi connectivity index (χ4n) is 4.70. The molecule has 1 amide bonds. The van der Waals surface area contributed by atoms with Gasteiger partial charge in [-0.2, -0.15) is 0 Å². The van der Waals surface area contributed by atoms with E-state index in [2.05, 4.69) is 9.97 Å². The average molecular weight is 600 g/mol. The number of anilines is 1. The number of nitrogens with zero attached hydrogens (tertiary/aromatic N) is 3. The Hall–Kier alpha value is -5.03. The molecule has 0 radical (unpaired) electrons. The minimum atomic E-state index is -1.09. The molecule has 1 atom stereocenters. The molecule has 10 nitrogen and oxygen atoms in total. The lowest BCUT2D eigenvalue weighted by molar-refractivity contribution is -0.132. The lowest BCUT2D eigenvalue weighted by Gasteiger charge is -2.24. The molecule has 1 fully saturated rings. The second kappa shape index (κ2) is 12.9. The third-order valence-corrected chi connectivity index (χ3v) is 7.81. The summed E-state index contributed by atoms with van der Waals surface area (Å²) in [6.07, 6.45) is 2.95. The van der Waals surface area contributed by atoms with Crippen LogP contribution in [-0.2, 0) is 20.9 Å². The first-order valence-corrected chi connectivity index (χ1v) is 14.4. The number of carbonyl (C=O) groups excluding carboxylic acids is 3. The standard InChI is InChI=1S/C32H29N3O7S/c1-4-40-24-17-22(11-12-23(24)42-18-20-9-7-6-8-10-20)26-25(27(36)21-13-15-33-16-14-21)28(37)30(38)35(26)32-34-19(3)29(43-32)31(39)41-5-2/h6-17,26,36H,4-5,18H2,1-3H3/b27-25+. The summed E-state index contributed by atoms with van der Waals surface area (Å²) in [6, 6.07) is 16.7. The number of rotatable bonds is 10. The Morgan fingerprint density at radius 1 is 0.977 bits per heavy atom. The largest absolute Gasteiger partial charge is 0.507 e. The summed E-state index contributed by atoms with van der Waals surface area (Å²) in [6.45, 7) is 5.95. The van der Waals surface area contributed by atoms with E-state index in [0.717, 1.165) is 16.9 Å². The Bertz CT molecular complexity index is 1690. The van der Waals surface area contributed by atoms with E-state index < -0.39 is 23.7 Å². The topological polar surface area (TPSA) is 128 Å². The monoisotopic (exact) mass is 599 g/mol. The van der Waals surface area contributed by atoms with Crippen molar-refractivity contribution in [1.29, 1.82) is 0 Å². The number of hydrogen-bond acceptors (Lipinski definition) is 10. The van der Waals surface area contributed by atoms with Gasteiger partial charge in [-0.25, -0.2) is 9.78 Å². The van der Waals surface area contributed by atoms with Gasteiger partial charge in [-0.1, -0.05) is 47.7 Å². The number of esters is 1. The number of aliphatic hydroxyl groups excluding tert-OH is 1. The molecule has 3 heterocycles. The van der Waals surface area contributed by atoms with Crippen molar-refractivity contribution in [1.82, 2.24) is 9.97 Å². The number of ketones is 1. The normalized spacial score (nSPS) is 15.9. The predicted molar refractivity (Wildman–Crippen MR) is 160 cm³/mol. The van der Waals surface area contributed by atoms with E-state index in [-0.39, 0.29) is 27.9 Å². The van der Waals surface area contributed by atoms with Crippen LogP contribution < -0.4 is 14.4 Å². The third-order valence-electron chi connectivity index (χ3n) is 6.67. The molecule has 2 aromatic carbocycles. The summed E-state index contributed by atoms with van der Waals surface area (Å²) in [5.41, 5.74) is 1.97. The highest BCUT2D eigenvalue weighted by molar-refractivity contribution is 7.17. The fourth-order valence-corrected chi connectivity index (χ4v) is 5.69. The highest BCUT2D eigenvalue weighted by atomic mass is 32.1. The van der Waals surface area contributed by atoms with Crippen molar-refractivity contribution < 1.29 is 33.7 Å². The van der Waals surface area contributed by atoms with Crippen LogP contribution in [0.25, 0.3) is 5.76 Å². The van der Waals surface area contributed by atoms with Crippen molar-refractivity contribution in [2.24, 2.45) is 0 Å². The molecule has 4 aromatic rings. The lowest BCUT2D eigenvalue weighted by atomic mass is 9.95. The highest BCUT2D eigenvalue weighted by Crippen LogP contribution is 2.45. The Morgan fingerprint density at radius 3 is 2.42 bits per heavy atom. The molecule has 1 aliphatic heterocycles. The van der Waals surface area contributed by atoms with E-state index in [1.165, 1.54) is 17.3 Å². The number of ether oxygens (including phenoxy) is 3. The molecule has 0 aliphatic carbocycles. The summed E-state index contributed by atoms with van der Waals surface area (Å²) in [5, 5.41) is 11.5. The van der Waals surface area contributed by atoms with Crippen LogP contribution in [0.2, 0.25) is 0 Å². The van der Waals surface area contributed by atoms with Crippen molar-refractivity contribution in [3.05, 3.63) is 106 Å². The molecule has 1 saturated heterocycles. The van der Waals surface area contributed by atoms with Gasteiger partial charge in [0.1, 0.15) is 17.2 Å². The number of Topliss-reactive ketones (excluding diaryl/α,β-unsaturated/α-hetero) is 1. The molecule has 1 N–H and O–H groups in total. The van der Waals surface area contributed by atoms with Crippen LogP contribution in [0.5, 0.6) is 11.5 Å². The molecular formula is C32H29N3O7S. The first-order valence-electron chi connectivity index (χ1n) is 13.6. The Morgan fingerprint density at radius 2 is 1.72 bits per heavy atom. The third kappa shape index (κ3) is 5.98. The average Bonchev–Trinajstić information content (AvgIpc) is 3.53. The zero-order valence-corrected chi connectivity index (χ0v) is 24.6. The molecule has 1 aliphatic rings. The summed E-state index contributed by atoms with van der Waals surface area (Å²) in [7, 11) is 0. The first-order chi connectivity index (χ1) is 20.8. The SMILES string of the molecule is CCOC(=O)c1sc(N2C(=O)C(=O)/C(=C(/O)c3ccncc3)C2c2ccc(OCc3ccccc3)c(OCC)c2)nc1C. The van der Waals surface area contributed by atoms with Crippen LogP contribution in [0.1, 0.15) is 51.9 Å². The Balaban J connectivity index is 1.63. The van der Waals surface area contributed by atoms with Crippen LogP contribution in [0.15, 0.2) is 78.6 Å². The second-order valence-electron chi connectivity index (χ2n) is 9.45. The highest BCUT2D eigenvalue weighted by Gasteiger charge is 2.48. The van der Waals surface area contributed by atoms with E-state index in [0.29, 0.717) is 41.5 Å². The summed E-state index contributed by atoms with van der Waals surface area (Å²) >= 11 is 0.939. The molecule has 0 bridgehead atoms. The molecule has 1 unspecified atom stereocenters. The zero-order valence-electron chi connectivity index (χ0n) is 23.8. The Labute approximate surface area is 252 Å². The zero-order chi connectivity index (χ0) is 30.5. The van der Waals surface area contributed by atoms with Gasteiger partial charge in [-0.3, -0.25) is 19.5 Å². The maximum atomic E-state index is 13.6. The van der Waals surface area contributed by atoms with Gasteiger partial charge >= 0.3 is 11.9 Å². The van der Waals surface area contributed by atoms with Crippen LogP contribution in [-0.4, -0.2) is 45.9 Å². The molecule has 43 heavy (non-hydrogen) atoms. The summed E-state index contributed by atoms with van der Waals surface area (Å²) in [5.74, 6) is -1.87. The number of thiazole rings is 1. The van der Waals surface area contributed by atoms with Gasteiger partial charge in [0, 0.05) is 18.0 Å². The lowest BCUT2D eigenvalue weighted by Crippen LogP contribution is -2.29. The minimum Gasteiger partial charge on any atom is -0.507 e. The van der Waals surface area contributed by atoms with E-state index in [1.54, 1.807) is 44.2 Å². The van der Waals surface area contributed by atoms with Gasteiger partial charge in [0.05, 0.1) is 30.5 Å². The minimum absolute atomic E-state index is 0.115. The number of benzene rings is 2. The van der Waals surface area contributed by atoms with Crippen LogP contribution in [0.3, 0.4) is 0 Å². The molecule has 2 aromatic heterocycles. The smallest absolute Gasteiger partial charge is 0.350 e. The van der Waals surface area contributed by atoms with Crippen LogP contribution >= 0.6 is 11.3 Å². The van der Waals surface area contributed by atoms with E-state index in [4.69, 9.17) is 14.2 Å². The number of amides is 1. The molecule has 11 heteroatoms. The number of aliphatic hydroxyl groups is 1. The van der Waals surface area contributed by atoms with Gasteiger partial charge in [0.2, 0.25) is 0 Å². The Kier molecular flexibility index (Phi) is 8.82. The second-order valence-corrected chi connectivity index (χ2v) is 10.4. The van der Waals surface area contributed by atoms with Crippen LogP contribution in [0.4, 0.5) is 5.13 Å². The van der Waals surface area contributed by atoms with Gasteiger partial charge in [0.15, 0.2) is 16.6 Å². The van der Waals surface area contributed by atoms with Crippen LogP contribution in [0, 0.1) is 6.92 Å². The van der Waals surface area contributed by atoms with E-state index >= 15 is 0 Å². The number of aromatic nitrogens is 2. The van der Waals surface area contributed by atoms with Gasteiger partial charge in [0.25, 0.3) is 5.78 Å². The molecule has 0 spiro atoms. The molecular weight excluding hydrogens is 570 g/mol. The van der Waals surface area contributed by atoms with Crippen molar-refractivity contribution >= 4 is 39.9 Å². The number of pyridine rings is 1. The fraction of sp³-hybridized carbons (Fsp3) is 0.219. The van der Waals surface area contributed by atoms with Crippen molar-refractivity contribution in [3.63, 3.8) is 0 Å². The van der Waals surface area contributed by atoms with E-state index in [9.17, 15) is 19.5 Å². The van der Waals surface area contributed by atoms with E-state index in [1.807, 2.05) is 37.3 Å². The maximum absolute atomic E-state index is 13.6. The first kappa shape index (κ1) is 29.5. The molecule has 0 saturated carbocycles. The predicted octanol–water partition coefficient (Wildman–Crippen LogP) is 5.63. The summed E-state index contributed by atoms with van der Waals surface area (Å²) < 4.78 is 17.1. The van der Waals surface area contributed by atoms with Crippen molar-refractivity contribution in [2.45, 2.75) is 33.4 Å². The summed E-state index contributed by atoms with van der Waals surface area (Å²) in [4.78, 5) is 49.6. The van der Waals surface area contributed by atoms with Gasteiger partial charge in [-0.05, 0) is 56.2 Å². The number of aryl methyl sites for hydroxylation is 1. The molecule has 5 rings (SSSR count). The van der Waals surface area contributed by atoms with Crippen molar-refractivity contribution in [3.8, 4) is 11.5 Å². The molecule has 220 valence electrons. The maximum Gasteiger partial charge on any atom is 0.350 e. The van der Waals surface area contributed by atoms with Gasteiger partial charge in [-0.15, -0.1) is 0 Å². The number of hydrogen-bond donors (Lipinski definition) is 1. The van der Waals surface area contributed by atoms with Gasteiger partial charge < -0.3 is 19.3 Å². The number of carbonyl (C=O) groups is 3. The van der Waals surface area contributed by atoms with Crippen molar-refractivity contribution in [2.75, 3.05) is 18.1 Å².